The molecule has 7 heteroatoms. The topological polar surface area (TPSA) is 72.6 Å². The summed E-state index contributed by atoms with van der Waals surface area (Å²) in [6, 6.07) is 10.2. The molecule has 0 aliphatic rings. The molecule has 0 amide bonds. The van der Waals surface area contributed by atoms with Crippen molar-refractivity contribution < 1.29 is 17.5 Å². The summed E-state index contributed by atoms with van der Waals surface area (Å²) in [7, 11) is -0.894. The van der Waals surface area contributed by atoms with Gasteiger partial charge in [0.2, 0.25) is 10.0 Å². The largest absolute Gasteiger partial charge is 0.452 e. The Balaban J connectivity index is 2.47. The molecule has 112 valence electrons. The lowest BCUT2D eigenvalue weighted by atomic mass is 10.3. The van der Waals surface area contributed by atoms with Crippen molar-refractivity contribution in [1.29, 1.82) is 0 Å². The Labute approximate surface area is 122 Å². The van der Waals surface area contributed by atoms with Crippen molar-refractivity contribution in [1.82, 2.24) is 4.31 Å². The second-order valence-electron chi connectivity index (χ2n) is 4.49. The van der Waals surface area contributed by atoms with Crippen LogP contribution >= 0.6 is 0 Å². The van der Waals surface area contributed by atoms with Crippen LogP contribution in [0.5, 0.6) is 11.5 Å². The van der Waals surface area contributed by atoms with Gasteiger partial charge in [0.25, 0.3) is 0 Å². The second kappa shape index (κ2) is 5.71. The van der Waals surface area contributed by atoms with Gasteiger partial charge in [-0.2, -0.15) is 0 Å². The molecule has 0 spiro atoms. The van der Waals surface area contributed by atoms with Crippen LogP contribution in [0.15, 0.2) is 47.4 Å². The van der Waals surface area contributed by atoms with Crippen LogP contribution in [0.25, 0.3) is 0 Å². The van der Waals surface area contributed by atoms with Gasteiger partial charge in [-0.3, -0.25) is 0 Å². The summed E-state index contributed by atoms with van der Waals surface area (Å²) in [5, 5.41) is 0. The van der Waals surface area contributed by atoms with Gasteiger partial charge in [0.15, 0.2) is 17.3 Å². The summed E-state index contributed by atoms with van der Waals surface area (Å²) < 4.78 is 44.3. The fourth-order valence-electron chi connectivity index (χ4n) is 1.68. The molecule has 0 radical (unpaired) electrons. The molecule has 2 aromatic carbocycles. The number of nitrogens with two attached hydrogens (primary N) is 1. The van der Waals surface area contributed by atoms with E-state index in [9.17, 15) is 12.8 Å². The summed E-state index contributed by atoms with van der Waals surface area (Å²) in [6.45, 7) is 0. The van der Waals surface area contributed by atoms with Crippen LogP contribution in [-0.4, -0.2) is 26.8 Å². The molecule has 2 aromatic rings. The standard InChI is InChI=1S/C14H15FN2O3S/c1-17(2)21(18,19)13-9-5-8-12(14(13)16)20-11-7-4-3-6-10(11)15/h3-9H,16H2,1-2H3. The van der Waals surface area contributed by atoms with E-state index < -0.39 is 15.8 Å². The van der Waals surface area contributed by atoms with Gasteiger partial charge in [0.1, 0.15) is 4.90 Å². The van der Waals surface area contributed by atoms with Gasteiger partial charge < -0.3 is 10.5 Å². The van der Waals surface area contributed by atoms with Crippen molar-refractivity contribution >= 4 is 15.7 Å². The highest BCUT2D eigenvalue weighted by molar-refractivity contribution is 7.89. The maximum atomic E-state index is 13.6. The lowest BCUT2D eigenvalue weighted by Crippen LogP contribution is -2.23. The molecule has 0 aliphatic heterocycles. The van der Waals surface area contributed by atoms with Crippen molar-refractivity contribution in [3.05, 3.63) is 48.3 Å². The Morgan fingerprint density at radius 1 is 1.05 bits per heavy atom. The van der Waals surface area contributed by atoms with Crippen LogP contribution in [0.4, 0.5) is 10.1 Å². The van der Waals surface area contributed by atoms with Gasteiger partial charge in [-0.25, -0.2) is 17.1 Å². The van der Waals surface area contributed by atoms with Crippen molar-refractivity contribution in [3.63, 3.8) is 0 Å². The number of hydrogen-bond donors (Lipinski definition) is 1. The van der Waals surface area contributed by atoms with E-state index >= 15 is 0 Å². The molecule has 5 nitrogen and oxygen atoms in total. The molecular formula is C14H15FN2O3S. The Morgan fingerprint density at radius 3 is 2.29 bits per heavy atom. The number of anilines is 1. The first-order valence-electron chi connectivity index (χ1n) is 6.07. The number of nitrogens with zero attached hydrogens (tertiary/aromatic N) is 1. The summed E-state index contributed by atoms with van der Waals surface area (Å²) in [6.07, 6.45) is 0. The predicted octanol–water partition coefficient (Wildman–Crippen LogP) is 2.45. The molecular weight excluding hydrogens is 295 g/mol. The Hall–Kier alpha value is -2.12. The van der Waals surface area contributed by atoms with Crippen LogP contribution < -0.4 is 10.5 Å². The van der Waals surface area contributed by atoms with Crippen molar-refractivity contribution in [2.24, 2.45) is 0 Å². The lowest BCUT2D eigenvalue weighted by molar-refractivity contribution is 0.443. The number of sulfonamides is 1. The van der Waals surface area contributed by atoms with E-state index in [0.29, 0.717) is 0 Å². The predicted molar refractivity (Wildman–Crippen MR) is 78.2 cm³/mol. The lowest BCUT2D eigenvalue weighted by Gasteiger charge is -2.16. The van der Waals surface area contributed by atoms with E-state index in [1.165, 1.54) is 50.5 Å². The van der Waals surface area contributed by atoms with Gasteiger partial charge in [0.05, 0.1) is 5.69 Å². The zero-order chi connectivity index (χ0) is 15.6. The third-order valence-corrected chi connectivity index (χ3v) is 4.71. The van der Waals surface area contributed by atoms with Crippen LogP contribution in [0.2, 0.25) is 0 Å². The molecule has 0 saturated heterocycles. The van der Waals surface area contributed by atoms with Gasteiger partial charge in [-0.15, -0.1) is 0 Å². The van der Waals surface area contributed by atoms with Crippen molar-refractivity contribution in [2.45, 2.75) is 4.90 Å². The molecule has 21 heavy (non-hydrogen) atoms. The number of benzene rings is 2. The van der Waals surface area contributed by atoms with Gasteiger partial charge in [0, 0.05) is 14.1 Å². The minimum absolute atomic E-state index is 0.0244. The Bertz CT molecular complexity index is 761. The molecule has 2 rings (SSSR count). The number of halogens is 1. The SMILES string of the molecule is CN(C)S(=O)(=O)c1cccc(Oc2ccccc2F)c1N. The molecule has 0 aromatic heterocycles. The molecule has 0 fully saturated rings. The van der Waals surface area contributed by atoms with E-state index in [2.05, 4.69) is 0 Å². The monoisotopic (exact) mass is 310 g/mol. The van der Waals surface area contributed by atoms with Crippen LogP contribution in [0, 0.1) is 5.82 Å². The quantitative estimate of drug-likeness (QED) is 0.880. The highest BCUT2D eigenvalue weighted by Crippen LogP contribution is 2.34. The number of ether oxygens (including phenoxy) is 1. The number of hydrogen-bond acceptors (Lipinski definition) is 4. The Morgan fingerprint density at radius 2 is 1.67 bits per heavy atom. The van der Waals surface area contributed by atoms with E-state index in [-0.39, 0.29) is 22.1 Å². The first kappa shape index (κ1) is 15.3. The summed E-state index contributed by atoms with van der Waals surface area (Å²) in [5.74, 6) is -0.496. The third-order valence-electron chi connectivity index (χ3n) is 2.84. The van der Waals surface area contributed by atoms with Gasteiger partial charge in [-0.1, -0.05) is 18.2 Å². The fourth-order valence-corrected chi connectivity index (χ4v) is 2.70. The zero-order valence-electron chi connectivity index (χ0n) is 11.6. The molecule has 2 N–H and O–H groups in total. The second-order valence-corrected chi connectivity index (χ2v) is 6.61. The summed E-state index contributed by atoms with van der Waals surface area (Å²) in [4.78, 5) is -0.0821. The first-order chi connectivity index (χ1) is 9.84. The molecule has 0 unspecified atom stereocenters. The van der Waals surface area contributed by atoms with E-state index in [4.69, 9.17) is 10.5 Å². The maximum absolute atomic E-state index is 13.6. The molecule has 0 atom stereocenters. The highest BCUT2D eigenvalue weighted by Gasteiger charge is 2.22. The van der Waals surface area contributed by atoms with Crippen LogP contribution in [0.3, 0.4) is 0 Å². The molecule has 0 aliphatic carbocycles. The minimum Gasteiger partial charge on any atom is -0.452 e. The highest BCUT2D eigenvalue weighted by atomic mass is 32.2. The normalized spacial score (nSPS) is 11.6. The molecule has 0 heterocycles. The number of para-hydroxylation sites is 2. The van der Waals surface area contributed by atoms with Crippen LogP contribution in [0.1, 0.15) is 0 Å². The van der Waals surface area contributed by atoms with Crippen molar-refractivity contribution in [2.75, 3.05) is 19.8 Å². The van der Waals surface area contributed by atoms with Gasteiger partial charge >= 0.3 is 0 Å². The summed E-state index contributed by atoms with van der Waals surface area (Å²) >= 11 is 0. The van der Waals surface area contributed by atoms with Gasteiger partial charge in [-0.05, 0) is 24.3 Å². The molecule has 0 bridgehead atoms. The maximum Gasteiger partial charge on any atom is 0.244 e. The average Bonchev–Trinajstić information content (AvgIpc) is 2.43. The summed E-state index contributed by atoms with van der Waals surface area (Å²) in [5.41, 5.74) is 5.79. The fraction of sp³-hybridized carbons (Fsp3) is 0.143. The van der Waals surface area contributed by atoms with E-state index in [1.807, 2.05) is 0 Å². The van der Waals surface area contributed by atoms with E-state index in [1.54, 1.807) is 6.07 Å². The van der Waals surface area contributed by atoms with E-state index in [0.717, 1.165) is 4.31 Å². The van der Waals surface area contributed by atoms with Crippen LogP contribution in [-0.2, 0) is 10.0 Å². The van der Waals surface area contributed by atoms with Crippen molar-refractivity contribution in [3.8, 4) is 11.5 Å². The zero-order valence-corrected chi connectivity index (χ0v) is 12.4. The smallest absolute Gasteiger partial charge is 0.244 e. The Kier molecular flexibility index (Phi) is 4.15. The molecule has 0 saturated carbocycles. The minimum atomic E-state index is -3.70. The average molecular weight is 310 g/mol. The number of nitrogen functional groups attached to an aromatic ring is 1. The third kappa shape index (κ3) is 2.98. The number of rotatable bonds is 4. The first-order valence-corrected chi connectivity index (χ1v) is 7.51.